The van der Waals surface area contributed by atoms with Crippen molar-refractivity contribution in [3.8, 4) is 5.75 Å². The van der Waals surface area contributed by atoms with Crippen LogP contribution in [0.4, 0.5) is 10.5 Å². The maximum absolute atomic E-state index is 12.6. The summed E-state index contributed by atoms with van der Waals surface area (Å²) >= 11 is 6.94. The zero-order valence-electron chi connectivity index (χ0n) is 15.6. The molecule has 7 nitrogen and oxygen atoms in total. The molecule has 2 amide bonds. The quantitative estimate of drug-likeness (QED) is 0.539. The summed E-state index contributed by atoms with van der Waals surface area (Å²) in [6.45, 7) is 0.00590. The average Bonchev–Trinajstić information content (AvgIpc) is 2.99. The summed E-state index contributed by atoms with van der Waals surface area (Å²) in [4.78, 5) is 37.7. The van der Waals surface area contributed by atoms with Gasteiger partial charge in [-0.25, -0.2) is 4.79 Å². The van der Waals surface area contributed by atoms with Gasteiger partial charge in [0.05, 0.1) is 36.4 Å². The van der Waals surface area contributed by atoms with Gasteiger partial charge in [0.1, 0.15) is 5.75 Å². The molecule has 0 unspecified atom stereocenters. The van der Waals surface area contributed by atoms with E-state index in [0.29, 0.717) is 32.5 Å². The highest BCUT2D eigenvalue weighted by Gasteiger charge is 2.34. The number of anilines is 1. The van der Waals surface area contributed by atoms with Crippen molar-refractivity contribution in [1.82, 2.24) is 4.90 Å². The number of imide groups is 1. The minimum absolute atomic E-state index is 0.00590. The van der Waals surface area contributed by atoms with Crippen LogP contribution in [0.25, 0.3) is 6.08 Å². The van der Waals surface area contributed by atoms with Gasteiger partial charge in [0.25, 0.3) is 11.1 Å². The van der Waals surface area contributed by atoms with Crippen LogP contribution in [-0.4, -0.2) is 42.9 Å². The molecule has 1 aliphatic heterocycles. The first-order valence-corrected chi connectivity index (χ1v) is 9.63. The Morgan fingerprint density at radius 2 is 1.90 bits per heavy atom. The van der Waals surface area contributed by atoms with Crippen molar-refractivity contribution in [1.29, 1.82) is 0 Å². The first kappa shape index (κ1) is 20.8. The van der Waals surface area contributed by atoms with Gasteiger partial charge in [0.15, 0.2) is 0 Å². The maximum atomic E-state index is 12.6. The largest absolute Gasteiger partial charge is 0.495 e. The number of nitrogens with zero attached hydrogens (tertiary/aromatic N) is 1. The van der Waals surface area contributed by atoms with Crippen LogP contribution in [0.3, 0.4) is 0 Å². The van der Waals surface area contributed by atoms with Crippen LogP contribution in [0.5, 0.6) is 5.75 Å². The molecule has 0 saturated carbocycles. The summed E-state index contributed by atoms with van der Waals surface area (Å²) in [5, 5.41) is 3.05. The van der Waals surface area contributed by atoms with Gasteiger partial charge in [0, 0.05) is 5.69 Å². The minimum Gasteiger partial charge on any atom is -0.495 e. The fraction of sp³-hybridized carbons (Fsp3) is 0.150. The number of rotatable bonds is 6. The summed E-state index contributed by atoms with van der Waals surface area (Å²) < 4.78 is 9.75. The molecule has 1 N–H and O–H groups in total. The van der Waals surface area contributed by atoms with Crippen molar-refractivity contribution in [2.45, 2.75) is 0 Å². The van der Waals surface area contributed by atoms with Crippen LogP contribution in [0, 0.1) is 0 Å². The number of halogens is 1. The Labute approximate surface area is 176 Å². The van der Waals surface area contributed by atoms with Gasteiger partial charge in [-0.05, 0) is 53.7 Å². The highest BCUT2D eigenvalue weighted by atomic mass is 35.5. The van der Waals surface area contributed by atoms with Gasteiger partial charge in [0.2, 0.25) is 0 Å². The van der Waals surface area contributed by atoms with E-state index in [9.17, 15) is 14.4 Å². The van der Waals surface area contributed by atoms with Crippen LogP contribution in [0.15, 0.2) is 47.4 Å². The summed E-state index contributed by atoms with van der Waals surface area (Å²) in [7, 11) is 2.82. The number of carbonyl (C=O) groups is 3. The summed E-state index contributed by atoms with van der Waals surface area (Å²) in [6, 6.07) is 11.6. The molecule has 2 aromatic rings. The van der Waals surface area contributed by atoms with E-state index in [1.54, 1.807) is 48.5 Å². The lowest BCUT2D eigenvalue weighted by atomic mass is 10.1. The van der Waals surface area contributed by atoms with Gasteiger partial charge in [-0.1, -0.05) is 23.7 Å². The van der Waals surface area contributed by atoms with Crippen molar-refractivity contribution in [3.63, 3.8) is 0 Å². The van der Waals surface area contributed by atoms with Crippen molar-refractivity contribution in [3.05, 3.63) is 63.5 Å². The van der Waals surface area contributed by atoms with Crippen LogP contribution < -0.4 is 10.1 Å². The number of thioether (sulfide) groups is 1. The molecular weight excluding hydrogens is 416 g/mol. The monoisotopic (exact) mass is 432 g/mol. The van der Waals surface area contributed by atoms with Crippen molar-refractivity contribution >= 4 is 52.2 Å². The van der Waals surface area contributed by atoms with Crippen LogP contribution in [0.2, 0.25) is 5.02 Å². The lowest BCUT2D eigenvalue weighted by Gasteiger charge is -2.15. The summed E-state index contributed by atoms with van der Waals surface area (Å²) in [6.07, 6.45) is 1.61. The number of ether oxygens (including phenoxy) is 2. The van der Waals surface area contributed by atoms with Crippen molar-refractivity contribution in [2.24, 2.45) is 0 Å². The number of amides is 2. The molecule has 150 valence electrons. The lowest BCUT2D eigenvalue weighted by molar-refractivity contribution is -0.122. The third-order valence-corrected chi connectivity index (χ3v) is 5.30. The van der Waals surface area contributed by atoms with Gasteiger partial charge in [-0.3, -0.25) is 14.5 Å². The fourth-order valence-electron chi connectivity index (χ4n) is 2.57. The van der Waals surface area contributed by atoms with Gasteiger partial charge in [-0.2, -0.15) is 0 Å². The van der Waals surface area contributed by atoms with E-state index < -0.39 is 11.9 Å². The number of nitrogens with one attached hydrogen (secondary N) is 1. The van der Waals surface area contributed by atoms with Crippen LogP contribution in [-0.2, 0) is 9.53 Å². The molecule has 1 aliphatic rings. The second-order valence-electron chi connectivity index (χ2n) is 5.91. The van der Waals surface area contributed by atoms with Crippen LogP contribution >= 0.6 is 23.4 Å². The molecule has 1 heterocycles. The lowest BCUT2D eigenvalue weighted by Crippen LogP contribution is -2.33. The molecule has 0 spiro atoms. The van der Waals surface area contributed by atoms with E-state index in [0.717, 1.165) is 16.7 Å². The molecule has 3 rings (SSSR count). The smallest absolute Gasteiger partial charge is 0.337 e. The molecule has 29 heavy (non-hydrogen) atoms. The minimum atomic E-state index is -0.443. The Morgan fingerprint density at radius 1 is 1.17 bits per heavy atom. The fourth-order valence-corrected chi connectivity index (χ4v) is 3.66. The molecule has 0 atom stereocenters. The second kappa shape index (κ2) is 9.02. The van der Waals surface area contributed by atoms with Crippen molar-refractivity contribution < 1.29 is 23.9 Å². The molecule has 2 aromatic carbocycles. The van der Waals surface area contributed by atoms with Crippen LogP contribution in [0.1, 0.15) is 15.9 Å². The van der Waals surface area contributed by atoms with E-state index in [1.807, 2.05) is 0 Å². The number of esters is 1. The summed E-state index contributed by atoms with van der Waals surface area (Å²) in [5.41, 5.74) is 1.75. The van der Waals surface area contributed by atoms with E-state index in [2.05, 4.69) is 10.1 Å². The van der Waals surface area contributed by atoms with E-state index >= 15 is 0 Å². The molecule has 1 fully saturated rings. The van der Waals surface area contributed by atoms with E-state index in [1.165, 1.54) is 14.2 Å². The normalized spacial score (nSPS) is 15.0. The summed E-state index contributed by atoms with van der Waals surface area (Å²) in [5.74, 6) is -0.310. The predicted octanol–water partition coefficient (Wildman–Crippen LogP) is 4.24. The van der Waals surface area contributed by atoms with E-state index in [4.69, 9.17) is 16.3 Å². The van der Waals surface area contributed by atoms with E-state index in [-0.39, 0.29) is 11.9 Å². The third-order valence-electron chi connectivity index (χ3n) is 4.10. The SMILES string of the molecule is COC(=O)c1ccc(/C=C2/SC(=O)N(CNc3ccc(OC)c(Cl)c3)C2=O)cc1. The zero-order chi connectivity index (χ0) is 21.0. The maximum Gasteiger partial charge on any atom is 0.337 e. The van der Waals surface area contributed by atoms with Gasteiger partial charge < -0.3 is 14.8 Å². The number of carbonyl (C=O) groups excluding carboxylic acids is 3. The van der Waals surface area contributed by atoms with Crippen molar-refractivity contribution in [2.75, 3.05) is 26.2 Å². The number of hydrogen-bond acceptors (Lipinski definition) is 7. The number of benzene rings is 2. The Morgan fingerprint density at radius 3 is 2.52 bits per heavy atom. The molecule has 0 radical (unpaired) electrons. The average molecular weight is 433 g/mol. The predicted molar refractivity (Wildman–Crippen MR) is 112 cm³/mol. The first-order valence-electron chi connectivity index (χ1n) is 8.44. The highest BCUT2D eigenvalue weighted by molar-refractivity contribution is 8.18. The zero-order valence-corrected chi connectivity index (χ0v) is 17.2. The molecule has 0 aromatic heterocycles. The molecule has 0 bridgehead atoms. The second-order valence-corrected chi connectivity index (χ2v) is 7.31. The van der Waals surface area contributed by atoms with Gasteiger partial charge in [-0.15, -0.1) is 0 Å². The molecular formula is C20H17ClN2O5S. The Hall–Kier alpha value is -2.97. The Kier molecular flexibility index (Phi) is 6.46. The topological polar surface area (TPSA) is 84.9 Å². The Balaban J connectivity index is 1.68. The standard InChI is InChI=1S/C20H17ClN2O5S/c1-27-16-8-7-14(10-15(16)21)22-11-23-18(24)17(29-20(23)26)9-12-3-5-13(6-4-12)19(25)28-2/h3-10,22H,11H2,1-2H3/b17-9+. The number of methoxy groups -OCH3 is 2. The molecule has 0 aliphatic carbocycles. The first-order chi connectivity index (χ1) is 13.9. The number of hydrogen-bond donors (Lipinski definition) is 1. The van der Waals surface area contributed by atoms with Gasteiger partial charge >= 0.3 is 5.97 Å². The molecule has 1 saturated heterocycles. The molecule has 9 heteroatoms. The third kappa shape index (κ3) is 4.72. The Bertz CT molecular complexity index is 991. The highest BCUT2D eigenvalue weighted by Crippen LogP contribution is 2.32.